The maximum absolute atomic E-state index is 12.8. The number of carbonyl (C=O) groups is 5. The largest absolute Gasteiger partial charge is 0.463 e. The van der Waals surface area contributed by atoms with E-state index in [1.807, 2.05) is 0 Å². The number of esters is 4. The van der Waals surface area contributed by atoms with Gasteiger partial charge in [0, 0.05) is 38.3 Å². The number of hydrogen-bond acceptors (Lipinski definition) is 10. The molecule has 1 heterocycles. The fraction of sp³-hybridized carbons (Fsp3) is 0.476. The van der Waals surface area contributed by atoms with Crippen molar-refractivity contribution in [1.29, 1.82) is 0 Å². The molecule has 33 heavy (non-hydrogen) atoms. The number of ether oxygens (including phenoxy) is 5. The summed E-state index contributed by atoms with van der Waals surface area (Å²) in [6.45, 7) is 4.10. The first kappa shape index (κ1) is 26.1. The van der Waals surface area contributed by atoms with Gasteiger partial charge in [0.05, 0.1) is 0 Å². The molecule has 0 aromatic heterocycles. The Hall–Kier alpha value is -3.18. The molecule has 12 heteroatoms. The van der Waals surface area contributed by atoms with E-state index >= 15 is 0 Å². The molecule has 1 aromatic carbocycles. The van der Waals surface area contributed by atoms with Crippen molar-refractivity contribution in [3.8, 4) is 0 Å². The van der Waals surface area contributed by atoms with Crippen LogP contribution in [0.25, 0.3) is 0 Å². The predicted molar refractivity (Wildman–Crippen MR) is 111 cm³/mol. The number of benzene rings is 1. The second kappa shape index (κ2) is 11.6. The molecule has 180 valence electrons. The van der Waals surface area contributed by atoms with Crippen LogP contribution in [-0.2, 0) is 42.9 Å². The third kappa shape index (κ3) is 7.72. The summed E-state index contributed by atoms with van der Waals surface area (Å²) in [6.07, 6.45) is -5.28. The first-order valence-corrected chi connectivity index (χ1v) is 10.2. The molecule has 1 aliphatic heterocycles. The summed E-state index contributed by atoms with van der Waals surface area (Å²) in [7, 11) is 0. The first-order valence-electron chi connectivity index (χ1n) is 9.84. The van der Waals surface area contributed by atoms with E-state index in [-0.39, 0.29) is 5.56 Å². The molecular weight excluding hydrogens is 462 g/mol. The summed E-state index contributed by atoms with van der Waals surface area (Å²) < 4.78 is 26.5. The number of rotatable bonds is 7. The molecule has 0 bridgehead atoms. The smallest absolute Gasteiger partial charge is 0.305 e. The maximum Gasteiger partial charge on any atom is 0.305 e. The van der Waals surface area contributed by atoms with Crippen LogP contribution in [0.3, 0.4) is 0 Å². The van der Waals surface area contributed by atoms with Crippen LogP contribution < -0.4 is 5.32 Å². The maximum atomic E-state index is 12.8. The molecule has 11 nitrogen and oxygen atoms in total. The highest BCUT2D eigenvalue weighted by molar-refractivity contribution is 6.30. The van der Waals surface area contributed by atoms with Gasteiger partial charge in [-0.25, -0.2) is 0 Å². The Morgan fingerprint density at radius 1 is 0.848 bits per heavy atom. The van der Waals surface area contributed by atoms with Gasteiger partial charge in [-0.05, 0) is 24.3 Å². The lowest BCUT2D eigenvalue weighted by Crippen LogP contribution is -2.67. The van der Waals surface area contributed by atoms with Crippen molar-refractivity contribution in [2.45, 2.75) is 58.3 Å². The average molecular weight is 486 g/mol. The van der Waals surface area contributed by atoms with Crippen LogP contribution >= 0.6 is 11.6 Å². The summed E-state index contributed by atoms with van der Waals surface area (Å²) in [4.78, 5) is 59.5. The lowest BCUT2D eigenvalue weighted by Gasteiger charge is -2.44. The number of carbonyl (C=O) groups excluding carboxylic acids is 5. The molecule has 1 amide bonds. The molecule has 2 rings (SSSR count). The molecule has 1 saturated heterocycles. The van der Waals surface area contributed by atoms with Gasteiger partial charge in [-0.2, -0.15) is 0 Å². The van der Waals surface area contributed by atoms with Crippen molar-refractivity contribution in [3.63, 3.8) is 0 Å². The van der Waals surface area contributed by atoms with Gasteiger partial charge >= 0.3 is 23.9 Å². The second-order valence-electron chi connectivity index (χ2n) is 7.11. The first-order chi connectivity index (χ1) is 15.5. The highest BCUT2D eigenvalue weighted by atomic mass is 35.5. The van der Waals surface area contributed by atoms with E-state index in [4.69, 9.17) is 35.3 Å². The van der Waals surface area contributed by atoms with Gasteiger partial charge in [-0.1, -0.05) is 11.6 Å². The SMILES string of the molecule is CC(=O)OC[C@@H]1O[C@@H](OC(C)=O)[C@@H](NC(=O)c2ccc(Cl)cc2)[C@@H](OC(C)=O)[C@@H]1OC(C)=O. The minimum absolute atomic E-state index is 0.202. The molecular formula is C21H24ClNO10. The van der Waals surface area contributed by atoms with Gasteiger partial charge in [0.1, 0.15) is 18.8 Å². The molecule has 0 unspecified atom stereocenters. The van der Waals surface area contributed by atoms with E-state index < -0.39 is 67.0 Å². The Kier molecular flexibility index (Phi) is 9.18. The van der Waals surface area contributed by atoms with Crippen LogP contribution in [0.1, 0.15) is 38.1 Å². The second-order valence-corrected chi connectivity index (χ2v) is 7.55. The average Bonchev–Trinajstić information content (AvgIpc) is 2.70. The summed E-state index contributed by atoms with van der Waals surface area (Å²) in [5.74, 6) is -3.55. The van der Waals surface area contributed by atoms with E-state index in [9.17, 15) is 24.0 Å². The Morgan fingerprint density at radius 2 is 1.39 bits per heavy atom. The number of amides is 1. The van der Waals surface area contributed by atoms with Gasteiger partial charge in [-0.3, -0.25) is 24.0 Å². The lowest BCUT2D eigenvalue weighted by molar-refractivity contribution is -0.270. The summed E-state index contributed by atoms with van der Waals surface area (Å²) in [5, 5.41) is 3.00. The highest BCUT2D eigenvalue weighted by Gasteiger charge is 2.52. The van der Waals surface area contributed by atoms with Crippen LogP contribution in [0.5, 0.6) is 0 Å². The zero-order chi connectivity index (χ0) is 24.7. The van der Waals surface area contributed by atoms with Gasteiger partial charge in [0.25, 0.3) is 5.91 Å². The molecule has 1 fully saturated rings. The summed E-state index contributed by atoms with van der Waals surface area (Å²) >= 11 is 5.85. The minimum atomic E-state index is -1.46. The Morgan fingerprint density at radius 3 is 1.91 bits per heavy atom. The third-order valence-electron chi connectivity index (χ3n) is 4.39. The van der Waals surface area contributed by atoms with Gasteiger partial charge in [-0.15, -0.1) is 0 Å². The van der Waals surface area contributed by atoms with E-state index in [0.717, 1.165) is 27.7 Å². The van der Waals surface area contributed by atoms with Crippen molar-refractivity contribution in [3.05, 3.63) is 34.9 Å². The zero-order valence-electron chi connectivity index (χ0n) is 18.4. The van der Waals surface area contributed by atoms with E-state index in [1.165, 1.54) is 24.3 Å². The molecule has 0 spiro atoms. The van der Waals surface area contributed by atoms with Gasteiger partial charge < -0.3 is 29.0 Å². The quantitative estimate of drug-likeness (QED) is 0.441. The lowest BCUT2D eigenvalue weighted by atomic mass is 9.95. The van der Waals surface area contributed by atoms with Crippen molar-refractivity contribution in [1.82, 2.24) is 5.32 Å². The topological polar surface area (TPSA) is 144 Å². The standard InChI is InChI=1S/C21H24ClNO10/c1-10(24)29-9-16-18(30-11(2)25)19(31-12(3)26)17(21(33-16)32-13(4)27)23-20(28)14-5-7-15(22)8-6-14/h5-8,16-19,21H,9H2,1-4H3,(H,23,28)/t16-,17-,18+,19+,21+/m0/s1. The fourth-order valence-corrected chi connectivity index (χ4v) is 3.28. The summed E-state index contributed by atoms with van der Waals surface area (Å²) in [6, 6.07) is 4.63. The number of nitrogens with one attached hydrogen (secondary N) is 1. The molecule has 0 radical (unpaired) electrons. The highest BCUT2D eigenvalue weighted by Crippen LogP contribution is 2.28. The molecule has 5 atom stereocenters. The van der Waals surface area contributed by atoms with Crippen molar-refractivity contribution >= 4 is 41.4 Å². The monoisotopic (exact) mass is 485 g/mol. The van der Waals surface area contributed by atoms with E-state index in [1.54, 1.807) is 0 Å². The Balaban J connectivity index is 2.44. The van der Waals surface area contributed by atoms with Crippen LogP contribution in [0.15, 0.2) is 24.3 Å². The predicted octanol–water partition coefficient (Wildman–Crippen LogP) is 1.15. The van der Waals surface area contributed by atoms with E-state index in [0.29, 0.717) is 5.02 Å². The number of halogens is 1. The van der Waals surface area contributed by atoms with Gasteiger partial charge in [0.2, 0.25) is 6.29 Å². The molecule has 1 N–H and O–H groups in total. The van der Waals surface area contributed by atoms with Gasteiger partial charge in [0.15, 0.2) is 12.2 Å². The van der Waals surface area contributed by atoms with Crippen molar-refractivity contribution < 1.29 is 47.7 Å². The normalized spacial score (nSPS) is 24.2. The molecule has 1 aromatic rings. The van der Waals surface area contributed by atoms with Crippen LogP contribution in [0, 0.1) is 0 Å². The van der Waals surface area contributed by atoms with Crippen molar-refractivity contribution in [2.75, 3.05) is 6.61 Å². The Labute approximate surface area is 194 Å². The summed E-state index contributed by atoms with van der Waals surface area (Å²) in [5.41, 5.74) is 0.202. The van der Waals surface area contributed by atoms with Crippen LogP contribution in [0.2, 0.25) is 5.02 Å². The third-order valence-corrected chi connectivity index (χ3v) is 4.64. The number of hydrogen-bond donors (Lipinski definition) is 1. The minimum Gasteiger partial charge on any atom is -0.463 e. The van der Waals surface area contributed by atoms with Crippen molar-refractivity contribution in [2.24, 2.45) is 0 Å². The van der Waals surface area contributed by atoms with Crippen LogP contribution in [0.4, 0.5) is 0 Å². The molecule has 0 saturated carbocycles. The fourth-order valence-electron chi connectivity index (χ4n) is 3.16. The zero-order valence-corrected chi connectivity index (χ0v) is 19.1. The molecule has 0 aliphatic carbocycles. The van der Waals surface area contributed by atoms with Crippen LogP contribution in [-0.4, -0.2) is 67.0 Å². The van der Waals surface area contributed by atoms with E-state index in [2.05, 4.69) is 5.32 Å². The Bertz CT molecular complexity index is 903. The molecule has 1 aliphatic rings.